The molecule has 9 nitrogen and oxygen atoms in total. The Morgan fingerprint density at radius 3 is 2.70 bits per heavy atom. The molecule has 114 valence electrons. The van der Waals surface area contributed by atoms with Crippen LogP contribution in [0.4, 0.5) is 4.79 Å². The summed E-state index contributed by atoms with van der Waals surface area (Å²) in [5, 5.41) is 13.6. The van der Waals surface area contributed by atoms with Gasteiger partial charge in [-0.25, -0.2) is 18.0 Å². The molecule has 1 atom stereocenters. The number of carboxylic acids is 1. The van der Waals surface area contributed by atoms with Gasteiger partial charge in [-0.2, -0.15) is 0 Å². The molecule has 1 aliphatic heterocycles. The number of amides is 3. The van der Waals surface area contributed by atoms with E-state index in [2.05, 4.69) is 10.6 Å². The zero-order valence-corrected chi connectivity index (χ0v) is 11.8. The number of carbonyl (C=O) groups is 3. The van der Waals surface area contributed by atoms with Crippen LogP contribution in [-0.4, -0.2) is 73.5 Å². The maximum Gasteiger partial charge on any atom is 0.328 e. The molecular formula is C10H17N3O6S. The van der Waals surface area contributed by atoms with Crippen LogP contribution in [0.15, 0.2) is 0 Å². The number of piperazine rings is 1. The first-order chi connectivity index (χ1) is 9.26. The fourth-order valence-electron chi connectivity index (χ4n) is 1.63. The van der Waals surface area contributed by atoms with E-state index >= 15 is 0 Å². The molecule has 1 rings (SSSR count). The minimum absolute atomic E-state index is 0.0350. The van der Waals surface area contributed by atoms with Gasteiger partial charge < -0.3 is 15.7 Å². The topological polar surface area (TPSA) is 133 Å². The molecule has 0 aromatic rings. The first-order valence-corrected chi connectivity index (χ1v) is 7.83. The number of carbonyl (C=O) groups excluding carboxylic acids is 2. The number of rotatable bonds is 5. The second kappa shape index (κ2) is 6.55. The summed E-state index contributed by atoms with van der Waals surface area (Å²) in [6.45, 7) is 0.824. The van der Waals surface area contributed by atoms with Crippen LogP contribution in [0.2, 0.25) is 0 Å². The quantitative estimate of drug-likeness (QED) is 0.539. The molecule has 10 heteroatoms. The monoisotopic (exact) mass is 307 g/mol. The lowest BCUT2D eigenvalue weighted by Gasteiger charge is -2.32. The molecule has 1 saturated heterocycles. The largest absolute Gasteiger partial charge is 0.480 e. The summed E-state index contributed by atoms with van der Waals surface area (Å²) in [5.41, 5.74) is 0. The van der Waals surface area contributed by atoms with Crippen LogP contribution in [0.3, 0.4) is 0 Å². The van der Waals surface area contributed by atoms with Crippen molar-refractivity contribution in [1.82, 2.24) is 15.5 Å². The van der Waals surface area contributed by atoms with Gasteiger partial charge in [-0.3, -0.25) is 9.69 Å². The maximum absolute atomic E-state index is 11.8. The van der Waals surface area contributed by atoms with Gasteiger partial charge in [0, 0.05) is 18.8 Å². The van der Waals surface area contributed by atoms with Crippen LogP contribution in [0.5, 0.6) is 0 Å². The Morgan fingerprint density at radius 2 is 2.15 bits per heavy atom. The average molecular weight is 307 g/mol. The van der Waals surface area contributed by atoms with E-state index in [9.17, 15) is 22.8 Å². The third-order valence-corrected chi connectivity index (χ3v) is 4.56. The molecule has 1 aliphatic rings. The third-order valence-electron chi connectivity index (χ3n) is 2.86. The molecule has 1 heterocycles. The number of sulfone groups is 1. The van der Waals surface area contributed by atoms with Gasteiger partial charge in [0.2, 0.25) is 5.91 Å². The predicted octanol–water partition coefficient (Wildman–Crippen LogP) is -1.98. The van der Waals surface area contributed by atoms with Crippen LogP contribution in [0.1, 0.15) is 6.92 Å². The standard InChI is InChI=1S/C10H17N3O6S/c1-2-20(18,19)4-3-11-10(17)13-6-8(14)12-5-7(13)9(15)16/h7H,2-6H2,1H3,(H,11,17)(H,12,14)(H,15,16). The summed E-state index contributed by atoms with van der Waals surface area (Å²) in [7, 11) is -3.22. The van der Waals surface area contributed by atoms with Gasteiger partial charge in [-0.1, -0.05) is 6.92 Å². The summed E-state index contributed by atoms with van der Waals surface area (Å²) in [6.07, 6.45) is 0. The van der Waals surface area contributed by atoms with Crippen molar-refractivity contribution >= 4 is 27.7 Å². The highest BCUT2D eigenvalue weighted by atomic mass is 32.2. The zero-order valence-electron chi connectivity index (χ0n) is 11.0. The Kier molecular flexibility index (Phi) is 5.31. The number of nitrogens with zero attached hydrogens (tertiary/aromatic N) is 1. The molecule has 3 N–H and O–H groups in total. The van der Waals surface area contributed by atoms with Gasteiger partial charge >= 0.3 is 12.0 Å². The Labute approximate surface area is 116 Å². The van der Waals surface area contributed by atoms with Crippen molar-refractivity contribution in [2.45, 2.75) is 13.0 Å². The fourth-order valence-corrected chi connectivity index (χ4v) is 2.34. The number of urea groups is 1. The van der Waals surface area contributed by atoms with E-state index in [0.717, 1.165) is 4.90 Å². The Hall–Kier alpha value is -1.84. The SMILES string of the molecule is CCS(=O)(=O)CCNC(=O)N1CC(=O)NCC1C(=O)O. The number of carboxylic acid groups (broad SMARTS) is 1. The molecule has 1 unspecified atom stereocenters. The van der Waals surface area contributed by atoms with E-state index in [0.29, 0.717) is 0 Å². The van der Waals surface area contributed by atoms with Crippen molar-refractivity contribution < 1.29 is 27.9 Å². The minimum atomic E-state index is -3.22. The lowest BCUT2D eigenvalue weighted by atomic mass is 10.2. The van der Waals surface area contributed by atoms with E-state index in [1.165, 1.54) is 6.92 Å². The number of hydrogen-bond acceptors (Lipinski definition) is 5. The van der Waals surface area contributed by atoms with Gasteiger partial charge in [-0.15, -0.1) is 0 Å². The summed E-state index contributed by atoms with van der Waals surface area (Å²) in [5.74, 6) is -1.96. The van der Waals surface area contributed by atoms with Gasteiger partial charge in [-0.05, 0) is 0 Å². The normalized spacial score (nSPS) is 19.4. The number of hydrogen-bond donors (Lipinski definition) is 3. The van der Waals surface area contributed by atoms with Crippen molar-refractivity contribution in [3.63, 3.8) is 0 Å². The minimum Gasteiger partial charge on any atom is -0.480 e. The molecule has 0 aromatic carbocycles. The highest BCUT2D eigenvalue weighted by Gasteiger charge is 2.35. The van der Waals surface area contributed by atoms with Gasteiger partial charge in [0.1, 0.15) is 12.6 Å². The maximum atomic E-state index is 11.8. The third kappa shape index (κ3) is 4.37. The molecule has 0 bridgehead atoms. The Bertz CT molecular complexity index is 503. The van der Waals surface area contributed by atoms with Gasteiger partial charge in [0.15, 0.2) is 9.84 Å². The Morgan fingerprint density at radius 1 is 1.50 bits per heavy atom. The molecule has 0 saturated carbocycles. The molecule has 0 aliphatic carbocycles. The number of aliphatic carboxylic acids is 1. The molecule has 1 fully saturated rings. The Balaban J connectivity index is 2.59. The average Bonchev–Trinajstić information content (AvgIpc) is 2.37. The summed E-state index contributed by atoms with van der Waals surface area (Å²) < 4.78 is 22.5. The van der Waals surface area contributed by atoms with Crippen LogP contribution < -0.4 is 10.6 Å². The molecular weight excluding hydrogens is 290 g/mol. The van der Waals surface area contributed by atoms with Crippen LogP contribution >= 0.6 is 0 Å². The molecule has 0 spiro atoms. The van der Waals surface area contributed by atoms with Gasteiger partial charge in [0.25, 0.3) is 0 Å². The van der Waals surface area contributed by atoms with E-state index in [4.69, 9.17) is 5.11 Å². The first kappa shape index (κ1) is 16.2. The molecule has 0 aromatic heterocycles. The zero-order chi connectivity index (χ0) is 15.3. The second-order valence-electron chi connectivity index (χ2n) is 4.25. The van der Waals surface area contributed by atoms with E-state index in [1.807, 2.05) is 0 Å². The van der Waals surface area contributed by atoms with Gasteiger partial charge in [0.05, 0.1) is 5.75 Å². The second-order valence-corrected chi connectivity index (χ2v) is 6.73. The summed E-state index contributed by atoms with van der Waals surface area (Å²) in [6, 6.07) is -1.92. The molecule has 3 amide bonds. The van der Waals surface area contributed by atoms with Crippen LogP contribution in [0.25, 0.3) is 0 Å². The van der Waals surface area contributed by atoms with Crippen molar-refractivity contribution in [3.05, 3.63) is 0 Å². The van der Waals surface area contributed by atoms with Crippen LogP contribution in [0, 0.1) is 0 Å². The van der Waals surface area contributed by atoms with Crippen molar-refractivity contribution in [1.29, 1.82) is 0 Å². The highest BCUT2D eigenvalue weighted by molar-refractivity contribution is 7.91. The fraction of sp³-hybridized carbons (Fsp3) is 0.700. The van der Waals surface area contributed by atoms with Crippen molar-refractivity contribution in [2.24, 2.45) is 0 Å². The lowest BCUT2D eigenvalue weighted by molar-refractivity contribution is -0.144. The summed E-state index contributed by atoms with van der Waals surface area (Å²) >= 11 is 0. The van der Waals surface area contributed by atoms with Crippen molar-refractivity contribution in [3.8, 4) is 0 Å². The summed E-state index contributed by atoms with van der Waals surface area (Å²) in [4.78, 5) is 34.9. The smallest absolute Gasteiger partial charge is 0.328 e. The predicted molar refractivity (Wildman–Crippen MR) is 68.9 cm³/mol. The lowest BCUT2D eigenvalue weighted by Crippen LogP contribution is -2.61. The molecule has 20 heavy (non-hydrogen) atoms. The number of nitrogens with one attached hydrogen (secondary N) is 2. The van der Waals surface area contributed by atoms with E-state index < -0.39 is 33.8 Å². The van der Waals surface area contributed by atoms with Crippen molar-refractivity contribution in [2.75, 3.05) is 31.1 Å². The van der Waals surface area contributed by atoms with E-state index in [-0.39, 0.29) is 31.1 Å². The first-order valence-electron chi connectivity index (χ1n) is 6.01. The van der Waals surface area contributed by atoms with E-state index in [1.54, 1.807) is 0 Å². The molecule has 0 radical (unpaired) electrons. The van der Waals surface area contributed by atoms with Crippen LogP contribution in [-0.2, 0) is 19.4 Å². The highest BCUT2D eigenvalue weighted by Crippen LogP contribution is 2.04.